The molecule has 0 amide bonds. The van der Waals surface area contributed by atoms with Crippen molar-refractivity contribution in [1.29, 1.82) is 0 Å². The van der Waals surface area contributed by atoms with Crippen molar-refractivity contribution < 1.29 is 14.3 Å². The summed E-state index contributed by atoms with van der Waals surface area (Å²) in [6.45, 7) is 2.78. The zero-order valence-corrected chi connectivity index (χ0v) is 16.2. The van der Waals surface area contributed by atoms with E-state index in [-0.39, 0.29) is 0 Å². The highest BCUT2D eigenvalue weighted by molar-refractivity contribution is 6.30. The van der Waals surface area contributed by atoms with Crippen molar-refractivity contribution >= 4 is 29.5 Å². The molecule has 3 aromatic rings. The number of hydrogen-bond acceptors (Lipinski definition) is 4. The Morgan fingerprint density at radius 3 is 2.43 bits per heavy atom. The Morgan fingerprint density at radius 2 is 1.75 bits per heavy atom. The number of carbonyl (C=O) groups is 1. The normalized spacial score (nSPS) is 10.8. The first-order valence-electron chi connectivity index (χ1n) is 8.99. The van der Waals surface area contributed by atoms with E-state index in [1.54, 1.807) is 54.7 Å². The highest BCUT2D eigenvalue weighted by atomic mass is 35.5. The smallest absolute Gasteiger partial charge is 0.343 e. The number of ether oxygens (including phenoxy) is 2. The molecule has 0 aliphatic rings. The molecule has 0 unspecified atom stereocenters. The molecule has 0 spiro atoms. The molecule has 0 aliphatic heterocycles. The molecule has 0 fully saturated rings. The summed E-state index contributed by atoms with van der Waals surface area (Å²) in [6.07, 6.45) is 2.74. The van der Waals surface area contributed by atoms with Crippen molar-refractivity contribution in [3.63, 3.8) is 0 Å². The first kappa shape index (κ1) is 19.6. The minimum Gasteiger partial charge on any atom is -0.494 e. The molecule has 142 valence electrons. The number of nitrogens with zero attached hydrogens (tertiary/aromatic N) is 1. The number of hydrogen-bond donors (Lipinski definition) is 0. The van der Waals surface area contributed by atoms with Crippen molar-refractivity contribution in [1.82, 2.24) is 0 Å². The van der Waals surface area contributed by atoms with Gasteiger partial charge in [0.2, 0.25) is 0 Å². The van der Waals surface area contributed by atoms with Gasteiger partial charge in [-0.3, -0.25) is 4.99 Å². The van der Waals surface area contributed by atoms with Crippen LogP contribution in [-0.2, 0) is 0 Å². The second-order valence-electron chi connectivity index (χ2n) is 6.07. The summed E-state index contributed by atoms with van der Waals surface area (Å²) in [4.78, 5) is 16.6. The summed E-state index contributed by atoms with van der Waals surface area (Å²) >= 11 is 5.90. The Kier molecular flexibility index (Phi) is 6.82. The lowest BCUT2D eigenvalue weighted by atomic mass is 10.2. The third-order valence-corrected chi connectivity index (χ3v) is 4.06. The van der Waals surface area contributed by atoms with E-state index in [9.17, 15) is 4.79 Å². The fraction of sp³-hybridized carbons (Fsp3) is 0.130. The molecule has 3 rings (SSSR count). The van der Waals surface area contributed by atoms with Crippen molar-refractivity contribution in [3.05, 3.63) is 88.9 Å². The summed E-state index contributed by atoms with van der Waals surface area (Å²) in [5, 5.41) is 0.514. The van der Waals surface area contributed by atoms with Gasteiger partial charge in [0.05, 0.1) is 17.9 Å². The highest BCUT2D eigenvalue weighted by Crippen LogP contribution is 2.20. The maximum atomic E-state index is 12.2. The van der Waals surface area contributed by atoms with Gasteiger partial charge in [-0.15, -0.1) is 0 Å². The quantitative estimate of drug-likeness (QED) is 0.277. The average molecular weight is 394 g/mol. The van der Waals surface area contributed by atoms with Gasteiger partial charge in [0, 0.05) is 11.2 Å². The van der Waals surface area contributed by atoms with E-state index in [0.717, 1.165) is 23.4 Å². The molecule has 28 heavy (non-hydrogen) atoms. The number of carbonyl (C=O) groups excluding carboxylic acids is 1. The highest BCUT2D eigenvalue weighted by Gasteiger charge is 2.08. The molecule has 0 saturated heterocycles. The number of halogens is 1. The van der Waals surface area contributed by atoms with Crippen LogP contribution in [0.25, 0.3) is 0 Å². The Bertz CT molecular complexity index is 950. The first-order chi connectivity index (χ1) is 13.6. The fourth-order valence-electron chi connectivity index (χ4n) is 2.40. The summed E-state index contributed by atoms with van der Waals surface area (Å²) in [5.41, 5.74) is 2.15. The summed E-state index contributed by atoms with van der Waals surface area (Å²) in [7, 11) is 0. The van der Waals surface area contributed by atoms with Gasteiger partial charge in [-0.2, -0.15) is 0 Å². The largest absolute Gasteiger partial charge is 0.494 e. The van der Waals surface area contributed by atoms with Crippen molar-refractivity contribution in [2.45, 2.75) is 13.3 Å². The Labute approximate surface area is 169 Å². The Morgan fingerprint density at radius 1 is 1.00 bits per heavy atom. The van der Waals surface area contributed by atoms with Gasteiger partial charge in [0.1, 0.15) is 11.5 Å². The van der Waals surface area contributed by atoms with E-state index >= 15 is 0 Å². The van der Waals surface area contributed by atoms with Gasteiger partial charge in [0.15, 0.2) is 0 Å². The van der Waals surface area contributed by atoms with Crippen LogP contribution in [0.3, 0.4) is 0 Å². The van der Waals surface area contributed by atoms with Crippen LogP contribution in [0, 0.1) is 0 Å². The van der Waals surface area contributed by atoms with E-state index in [4.69, 9.17) is 21.1 Å². The summed E-state index contributed by atoms with van der Waals surface area (Å²) in [6, 6.07) is 21.4. The van der Waals surface area contributed by atoms with Crippen LogP contribution < -0.4 is 9.47 Å². The topological polar surface area (TPSA) is 47.9 Å². The molecule has 0 radical (unpaired) electrons. The SMILES string of the molecule is CCCOc1ccc(C=Nc2ccc(C(=O)Oc3cccc(Cl)c3)cc2)cc1. The molecule has 4 nitrogen and oxygen atoms in total. The summed E-state index contributed by atoms with van der Waals surface area (Å²) in [5.74, 6) is 0.813. The van der Waals surface area contributed by atoms with E-state index < -0.39 is 5.97 Å². The molecule has 0 aromatic heterocycles. The number of esters is 1. The minimum absolute atomic E-state index is 0.408. The van der Waals surface area contributed by atoms with Gasteiger partial charge in [0.25, 0.3) is 0 Å². The zero-order valence-electron chi connectivity index (χ0n) is 15.5. The van der Waals surface area contributed by atoms with Crippen LogP contribution in [0.15, 0.2) is 77.8 Å². The average Bonchev–Trinajstić information content (AvgIpc) is 2.72. The predicted octanol–water partition coefficient (Wildman–Crippen LogP) is 6.10. The van der Waals surface area contributed by atoms with E-state index in [1.165, 1.54) is 0 Å². The minimum atomic E-state index is -0.444. The Balaban J connectivity index is 1.60. The lowest BCUT2D eigenvalue weighted by Crippen LogP contribution is -2.07. The lowest BCUT2D eigenvalue weighted by molar-refractivity contribution is 0.0735. The van der Waals surface area contributed by atoms with Gasteiger partial charge >= 0.3 is 5.97 Å². The first-order valence-corrected chi connectivity index (χ1v) is 9.36. The molecule has 3 aromatic carbocycles. The van der Waals surface area contributed by atoms with Crippen molar-refractivity contribution in [3.8, 4) is 11.5 Å². The standard InChI is InChI=1S/C23H20ClNO3/c1-2-14-27-21-12-6-17(7-13-21)16-25-20-10-8-18(9-11-20)23(26)28-22-5-3-4-19(24)15-22/h3-13,15-16H,2,14H2,1H3. The molecule has 0 aliphatic carbocycles. The molecule has 0 atom stereocenters. The van der Waals surface area contributed by atoms with Crippen molar-refractivity contribution in [2.75, 3.05) is 6.61 Å². The van der Waals surface area contributed by atoms with Crippen LogP contribution in [0.5, 0.6) is 11.5 Å². The maximum absolute atomic E-state index is 12.2. The monoisotopic (exact) mass is 393 g/mol. The molecule has 0 heterocycles. The van der Waals surface area contributed by atoms with Crippen LogP contribution in [-0.4, -0.2) is 18.8 Å². The van der Waals surface area contributed by atoms with E-state index in [0.29, 0.717) is 22.9 Å². The molecule has 0 saturated carbocycles. The summed E-state index contributed by atoms with van der Waals surface area (Å²) < 4.78 is 10.9. The molecule has 0 bridgehead atoms. The van der Waals surface area contributed by atoms with Gasteiger partial charge < -0.3 is 9.47 Å². The molecule has 0 N–H and O–H groups in total. The fourth-order valence-corrected chi connectivity index (χ4v) is 2.58. The number of benzene rings is 3. The van der Waals surface area contributed by atoms with Crippen LogP contribution in [0.2, 0.25) is 5.02 Å². The van der Waals surface area contributed by atoms with Crippen LogP contribution in [0.4, 0.5) is 5.69 Å². The van der Waals surface area contributed by atoms with Crippen LogP contribution in [0.1, 0.15) is 29.3 Å². The van der Waals surface area contributed by atoms with Crippen LogP contribution >= 0.6 is 11.6 Å². The Hall–Kier alpha value is -3.11. The molecular formula is C23H20ClNO3. The van der Waals surface area contributed by atoms with Gasteiger partial charge in [-0.25, -0.2) is 4.79 Å². The molecule has 5 heteroatoms. The second-order valence-corrected chi connectivity index (χ2v) is 6.51. The maximum Gasteiger partial charge on any atom is 0.343 e. The van der Waals surface area contributed by atoms with Gasteiger partial charge in [-0.1, -0.05) is 24.6 Å². The third kappa shape index (κ3) is 5.69. The second kappa shape index (κ2) is 9.72. The van der Waals surface area contributed by atoms with E-state index in [2.05, 4.69) is 11.9 Å². The lowest BCUT2D eigenvalue weighted by Gasteiger charge is -2.05. The zero-order chi connectivity index (χ0) is 19.8. The number of rotatable bonds is 7. The predicted molar refractivity (Wildman–Crippen MR) is 112 cm³/mol. The van der Waals surface area contributed by atoms with Gasteiger partial charge in [-0.05, 0) is 78.7 Å². The van der Waals surface area contributed by atoms with E-state index in [1.807, 2.05) is 24.3 Å². The molecular weight excluding hydrogens is 374 g/mol. The number of aliphatic imine (C=N–C) groups is 1. The van der Waals surface area contributed by atoms with Crippen molar-refractivity contribution in [2.24, 2.45) is 4.99 Å². The third-order valence-electron chi connectivity index (χ3n) is 3.83.